The fourth-order valence-electron chi connectivity index (χ4n) is 3.61. The second-order valence-corrected chi connectivity index (χ2v) is 7.04. The van der Waals surface area contributed by atoms with Gasteiger partial charge in [0.25, 0.3) is 5.91 Å². The third-order valence-electron chi connectivity index (χ3n) is 4.98. The number of para-hydroxylation sites is 1. The summed E-state index contributed by atoms with van der Waals surface area (Å²) in [5, 5.41) is 3.34. The standard InChI is InChI=1S/C23H24N4O/c1-17-25-20(23(28)27-15-13-19-11-5-6-12-21(19)27)16-22(26-17)24-14-7-10-18-8-3-2-4-9-18/h2-6,8-9,11-12,16H,7,10,13-15H2,1H3,(H,24,25,26). The summed E-state index contributed by atoms with van der Waals surface area (Å²) in [5.74, 6) is 1.24. The summed E-state index contributed by atoms with van der Waals surface area (Å²) in [5.41, 5.74) is 3.96. The van der Waals surface area contributed by atoms with E-state index in [4.69, 9.17) is 0 Å². The fourth-order valence-corrected chi connectivity index (χ4v) is 3.61. The van der Waals surface area contributed by atoms with E-state index < -0.39 is 0 Å². The summed E-state index contributed by atoms with van der Waals surface area (Å²) < 4.78 is 0. The number of carbonyl (C=O) groups excluding carboxylic acids is 1. The lowest BCUT2D eigenvalue weighted by atomic mass is 10.1. The Hall–Kier alpha value is -3.21. The zero-order valence-corrected chi connectivity index (χ0v) is 16.1. The van der Waals surface area contributed by atoms with Crippen LogP contribution in [0.1, 0.15) is 33.9 Å². The van der Waals surface area contributed by atoms with E-state index in [0.29, 0.717) is 23.9 Å². The molecule has 1 N–H and O–H groups in total. The maximum absolute atomic E-state index is 13.0. The molecule has 0 fully saturated rings. The van der Waals surface area contributed by atoms with E-state index >= 15 is 0 Å². The van der Waals surface area contributed by atoms with Crippen molar-refractivity contribution in [2.45, 2.75) is 26.2 Å². The van der Waals surface area contributed by atoms with Crippen molar-refractivity contribution in [2.24, 2.45) is 0 Å². The summed E-state index contributed by atoms with van der Waals surface area (Å²) in [6.07, 6.45) is 2.89. The van der Waals surface area contributed by atoms with Crippen LogP contribution in [0.2, 0.25) is 0 Å². The first-order valence-electron chi connectivity index (χ1n) is 9.74. The highest BCUT2D eigenvalue weighted by molar-refractivity contribution is 6.06. The molecule has 0 saturated heterocycles. The number of rotatable bonds is 6. The minimum absolute atomic E-state index is 0.0669. The van der Waals surface area contributed by atoms with Gasteiger partial charge in [-0.05, 0) is 43.4 Å². The second-order valence-electron chi connectivity index (χ2n) is 7.04. The van der Waals surface area contributed by atoms with Crippen LogP contribution in [0.4, 0.5) is 11.5 Å². The smallest absolute Gasteiger partial charge is 0.277 e. The van der Waals surface area contributed by atoms with Crippen LogP contribution in [0, 0.1) is 6.92 Å². The Morgan fingerprint density at radius 1 is 1.07 bits per heavy atom. The zero-order valence-electron chi connectivity index (χ0n) is 16.1. The van der Waals surface area contributed by atoms with Crippen molar-refractivity contribution in [3.05, 3.63) is 83.3 Å². The van der Waals surface area contributed by atoms with Crippen LogP contribution in [0.3, 0.4) is 0 Å². The summed E-state index contributed by atoms with van der Waals surface area (Å²) in [6.45, 7) is 3.32. The van der Waals surface area contributed by atoms with E-state index in [9.17, 15) is 4.79 Å². The Labute approximate surface area is 165 Å². The molecule has 0 aliphatic carbocycles. The Morgan fingerprint density at radius 3 is 2.71 bits per heavy atom. The molecule has 2 aromatic carbocycles. The van der Waals surface area contributed by atoms with Crippen LogP contribution >= 0.6 is 0 Å². The van der Waals surface area contributed by atoms with Gasteiger partial charge in [-0.15, -0.1) is 0 Å². The quantitative estimate of drug-likeness (QED) is 0.664. The largest absolute Gasteiger partial charge is 0.370 e. The zero-order chi connectivity index (χ0) is 19.3. The molecule has 2 heterocycles. The van der Waals surface area contributed by atoms with Gasteiger partial charge in [-0.1, -0.05) is 48.5 Å². The van der Waals surface area contributed by atoms with Crippen LogP contribution in [-0.2, 0) is 12.8 Å². The maximum Gasteiger partial charge on any atom is 0.277 e. The van der Waals surface area contributed by atoms with Gasteiger partial charge >= 0.3 is 0 Å². The first kappa shape index (κ1) is 18.2. The summed E-state index contributed by atoms with van der Waals surface area (Å²) in [7, 11) is 0. The molecule has 0 atom stereocenters. The Balaban J connectivity index is 1.42. The van der Waals surface area contributed by atoms with Crippen LogP contribution in [0.15, 0.2) is 60.7 Å². The number of hydrogen-bond donors (Lipinski definition) is 1. The minimum atomic E-state index is -0.0669. The number of anilines is 2. The van der Waals surface area contributed by atoms with Crippen molar-refractivity contribution in [3.8, 4) is 0 Å². The van der Waals surface area contributed by atoms with Crippen LogP contribution < -0.4 is 10.2 Å². The molecule has 5 nitrogen and oxygen atoms in total. The average Bonchev–Trinajstić information content (AvgIpc) is 3.15. The average molecular weight is 372 g/mol. The predicted octanol–water partition coefficient (Wildman–Crippen LogP) is 4.03. The van der Waals surface area contributed by atoms with Crippen molar-refractivity contribution >= 4 is 17.4 Å². The van der Waals surface area contributed by atoms with Gasteiger partial charge < -0.3 is 10.2 Å². The van der Waals surface area contributed by atoms with Gasteiger partial charge in [-0.3, -0.25) is 4.79 Å². The number of benzene rings is 2. The number of fused-ring (bicyclic) bond motifs is 1. The highest BCUT2D eigenvalue weighted by Crippen LogP contribution is 2.28. The molecule has 3 aromatic rings. The fraction of sp³-hybridized carbons (Fsp3) is 0.261. The van der Waals surface area contributed by atoms with E-state index in [1.165, 1.54) is 11.1 Å². The summed E-state index contributed by atoms with van der Waals surface area (Å²) in [6, 6.07) is 20.2. The Morgan fingerprint density at radius 2 is 1.86 bits per heavy atom. The molecule has 1 aliphatic heterocycles. The van der Waals surface area contributed by atoms with Crippen LogP contribution in [-0.4, -0.2) is 29.0 Å². The van der Waals surface area contributed by atoms with Gasteiger partial charge in [-0.2, -0.15) is 0 Å². The third kappa shape index (κ3) is 4.03. The van der Waals surface area contributed by atoms with Crippen LogP contribution in [0.25, 0.3) is 0 Å². The number of aryl methyl sites for hydroxylation is 2. The van der Waals surface area contributed by atoms with Gasteiger partial charge in [-0.25, -0.2) is 9.97 Å². The van der Waals surface area contributed by atoms with E-state index in [0.717, 1.165) is 31.5 Å². The van der Waals surface area contributed by atoms with Crippen molar-refractivity contribution in [2.75, 3.05) is 23.3 Å². The Bertz CT molecular complexity index is 971. The summed E-state index contributed by atoms with van der Waals surface area (Å²) in [4.78, 5) is 23.7. The van der Waals surface area contributed by atoms with Crippen molar-refractivity contribution < 1.29 is 4.79 Å². The number of carbonyl (C=O) groups is 1. The van der Waals surface area contributed by atoms with E-state index in [1.807, 2.05) is 36.1 Å². The molecule has 0 radical (unpaired) electrons. The van der Waals surface area contributed by atoms with Crippen molar-refractivity contribution in [1.29, 1.82) is 0 Å². The van der Waals surface area contributed by atoms with Crippen LogP contribution in [0.5, 0.6) is 0 Å². The lowest BCUT2D eigenvalue weighted by molar-refractivity contribution is 0.0984. The number of nitrogens with zero attached hydrogens (tertiary/aromatic N) is 3. The molecule has 142 valence electrons. The summed E-state index contributed by atoms with van der Waals surface area (Å²) >= 11 is 0. The molecule has 4 rings (SSSR count). The molecule has 5 heteroatoms. The first-order chi connectivity index (χ1) is 13.7. The number of aromatic nitrogens is 2. The van der Waals surface area contributed by atoms with E-state index in [2.05, 4.69) is 45.6 Å². The highest BCUT2D eigenvalue weighted by atomic mass is 16.2. The van der Waals surface area contributed by atoms with Crippen molar-refractivity contribution in [1.82, 2.24) is 9.97 Å². The number of amides is 1. The van der Waals surface area contributed by atoms with E-state index in [1.54, 1.807) is 6.07 Å². The molecule has 28 heavy (non-hydrogen) atoms. The monoisotopic (exact) mass is 372 g/mol. The normalized spacial score (nSPS) is 12.7. The molecule has 0 spiro atoms. The van der Waals surface area contributed by atoms with E-state index in [-0.39, 0.29) is 5.91 Å². The predicted molar refractivity (Wildman–Crippen MR) is 112 cm³/mol. The minimum Gasteiger partial charge on any atom is -0.370 e. The first-order valence-corrected chi connectivity index (χ1v) is 9.74. The molecule has 0 saturated carbocycles. The number of nitrogens with one attached hydrogen (secondary N) is 1. The van der Waals surface area contributed by atoms with Crippen molar-refractivity contribution in [3.63, 3.8) is 0 Å². The lowest BCUT2D eigenvalue weighted by Gasteiger charge is -2.17. The molecular formula is C23H24N4O. The second kappa shape index (κ2) is 8.21. The highest BCUT2D eigenvalue weighted by Gasteiger charge is 2.26. The van der Waals surface area contributed by atoms with Gasteiger partial charge in [0.1, 0.15) is 17.3 Å². The molecule has 0 unspecified atom stereocenters. The third-order valence-corrected chi connectivity index (χ3v) is 4.98. The lowest BCUT2D eigenvalue weighted by Crippen LogP contribution is -2.30. The molecular weight excluding hydrogens is 348 g/mol. The molecule has 1 aliphatic rings. The topological polar surface area (TPSA) is 58.1 Å². The SMILES string of the molecule is Cc1nc(NCCCc2ccccc2)cc(C(=O)N2CCc3ccccc32)n1. The number of hydrogen-bond acceptors (Lipinski definition) is 4. The van der Waals surface area contributed by atoms with Gasteiger partial charge in [0.2, 0.25) is 0 Å². The van der Waals surface area contributed by atoms with Gasteiger partial charge in [0, 0.05) is 24.8 Å². The van der Waals surface area contributed by atoms with Gasteiger partial charge in [0.05, 0.1) is 0 Å². The molecule has 1 aromatic heterocycles. The molecule has 0 bridgehead atoms. The van der Waals surface area contributed by atoms with Gasteiger partial charge in [0.15, 0.2) is 0 Å². The maximum atomic E-state index is 13.0. The molecule has 1 amide bonds. The Kier molecular flexibility index (Phi) is 5.33.